The van der Waals surface area contributed by atoms with E-state index in [-0.39, 0.29) is 6.29 Å². The molecule has 0 unspecified atom stereocenters. The number of carbonyl (C=O) groups is 2. The molecule has 2 N–H and O–H groups in total. The molecule has 0 heterocycles. The van der Waals surface area contributed by atoms with Crippen LogP contribution in [0.4, 0.5) is 0 Å². The molecule has 0 aromatic heterocycles. The van der Waals surface area contributed by atoms with Gasteiger partial charge in [0.2, 0.25) is 0 Å². The molecule has 0 bridgehead atoms. The average molecular weight is 297 g/mol. The van der Waals surface area contributed by atoms with E-state index < -0.39 is 11.6 Å². The summed E-state index contributed by atoms with van der Waals surface area (Å²) in [4.78, 5) is 20.0. The van der Waals surface area contributed by atoms with Crippen LogP contribution in [-0.2, 0) is 29.2 Å². The van der Waals surface area contributed by atoms with E-state index in [2.05, 4.69) is 3.60 Å². The average Bonchev–Trinajstić information content (AvgIpc) is 1.87. The third-order valence-corrected chi connectivity index (χ3v) is 0.838. The first kappa shape index (κ1) is 8.30. The van der Waals surface area contributed by atoms with E-state index in [4.69, 9.17) is 5.41 Å². The fourth-order valence-corrected chi connectivity index (χ4v) is 0.453. The van der Waals surface area contributed by atoms with Gasteiger partial charge in [-0.25, -0.2) is 0 Å². The minimum atomic E-state index is -0.764. The Morgan fingerprint density at radius 1 is 1.78 bits per heavy atom. The molecular weight excluding hydrogens is 294 g/mol. The number of nitrogens with zero attached hydrogens (tertiary/aromatic N) is 1. The van der Waals surface area contributed by atoms with E-state index in [9.17, 15) is 9.59 Å². The van der Waals surface area contributed by atoms with Crippen molar-refractivity contribution in [3.63, 3.8) is 0 Å². The second-order valence-corrected chi connectivity index (χ2v) is 1.72. The van der Waals surface area contributed by atoms with E-state index in [0.29, 0.717) is 0 Å². The quantitative estimate of drug-likeness (QED) is 0.302. The second kappa shape index (κ2) is 4.20. The zero-order valence-electron chi connectivity index (χ0n) is 4.25. The summed E-state index contributed by atoms with van der Waals surface area (Å²) in [6.07, 6.45) is 0.163. The zero-order chi connectivity index (χ0) is 7.28. The van der Waals surface area contributed by atoms with Crippen LogP contribution in [0.2, 0.25) is 0 Å². The summed E-state index contributed by atoms with van der Waals surface area (Å²) >= 11 is 0.817. The standard InChI is InChI=1S/C3H3N3O2.W/c4-2(1-7)3(8)6-5;/h1,4H,(H,6,8);. The van der Waals surface area contributed by atoms with E-state index in [1.54, 1.807) is 0 Å². The summed E-state index contributed by atoms with van der Waals surface area (Å²) < 4.78 is 3.29. The summed E-state index contributed by atoms with van der Waals surface area (Å²) in [6.45, 7) is 0. The molecule has 5 nitrogen and oxygen atoms in total. The summed E-state index contributed by atoms with van der Waals surface area (Å²) in [5.41, 5.74) is 1.35. The summed E-state index contributed by atoms with van der Waals surface area (Å²) in [6, 6.07) is 0. The molecule has 0 atom stereocenters. The van der Waals surface area contributed by atoms with Gasteiger partial charge in [-0.2, -0.15) is 0 Å². The molecule has 0 spiro atoms. The first-order valence-electron chi connectivity index (χ1n) is 1.88. The predicted octanol–water partition coefficient (Wildman–Crippen LogP) is -1.03. The summed E-state index contributed by atoms with van der Waals surface area (Å²) in [7, 11) is 0. The number of carbonyl (C=O) groups excluding carboxylic acids is 2. The molecule has 0 aromatic rings. The van der Waals surface area contributed by atoms with Gasteiger partial charge in [0.15, 0.2) is 0 Å². The molecule has 9 heavy (non-hydrogen) atoms. The molecule has 0 rings (SSSR count). The molecule has 0 saturated heterocycles. The van der Waals surface area contributed by atoms with Crippen molar-refractivity contribution in [3.05, 3.63) is 0 Å². The Bertz CT molecular complexity index is 166. The Hall–Kier alpha value is -0.702. The third-order valence-electron chi connectivity index (χ3n) is 0.510. The molecule has 0 aliphatic rings. The van der Waals surface area contributed by atoms with Crippen molar-refractivity contribution < 1.29 is 29.2 Å². The molecule has 0 aromatic carbocycles. The Morgan fingerprint density at radius 2 is 2.33 bits per heavy atom. The number of hydrogen-bond acceptors (Lipinski definition) is 4. The van der Waals surface area contributed by atoms with Crippen LogP contribution in [-0.4, -0.2) is 17.9 Å². The summed E-state index contributed by atoms with van der Waals surface area (Å²) in [5, 5.41) is 6.62. The Kier molecular flexibility index (Phi) is 3.88. The van der Waals surface area contributed by atoms with Gasteiger partial charge < -0.3 is 0 Å². The van der Waals surface area contributed by atoms with Gasteiger partial charge in [0, 0.05) is 0 Å². The van der Waals surface area contributed by atoms with E-state index in [1.807, 2.05) is 5.43 Å². The van der Waals surface area contributed by atoms with Crippen LogP contribution in [0.5, 0.6) is 0 Å². The van der Waals surface area contributed by atoms with Crippen molar-refractivity contribution in [1.82, 2.24) is 5.43 Å². The van der Waals surface area contributed by atoms with Crippen molar-refractivity contribution in [3.8, 4) is 0 Å². The van der Waals surface area contributed by atoms with Crippen LogP contribution in [0.25, 0.3) is 0 Å². The normalized spacial score (nSPS) is 7.56. The molecule has 48 valence electrons. The molecular formula is C3H3N3O2W. The van der Waals surface area contributed by atoms with Crippen LogP contribution in [0, 0.1) is 5.41 Å². The van der Waals surface area contributed by atoms with E-state index in [0.717, 1.165) is 19.6 Å². The van der Waals surface area contributed by atoms with Crippen molar-refractivity contribution in [2.75, 3.05) is 0 Å². The van der Waals surface area contributed by atoms with Crippen LogP contribution < -0.4 is 5.43 Å². The number of nitrogens with one attached hydrogen (secondary N) is 2. The van der Waals surface area contributed by atoms with Gasteiger partial charge in [-0.05, 0) is 0 Å². The Labute approximate surface area is 62.1 Å². The van der Waals surface area contributed by atoms with Crippen LogP contribution in [0.15, 0.2) is 3.60 Å². The number of hydrogen-bond donors (Lipinski definition) is 2. The fraction of sp³-hybridized carbons (Fsp3) is 0. The van der Waals surface area contributed by atoms with Gasteiger partial charge in [0.1, 0.15) is 0 Å². The van der Waals surface area contributed by atoms with Crippen molar-refractivity contribution in [2.45, 2.75) is 0 Å². The number of amides is 1. The molecule has 0 radical (unpaired) electrons. The fourth-order valence-electron chi connectivity index (χ4n) is 0.155. The van der Waals surface area contributed by atoms with Crippen LogP contribution in [0.3, 0.4) is 0 Å². The summed E-state index contributed by atoms with van der Waals surface area (Å²) in [5.74, 6) is -0.764. The molecule has 6 heteroatoms. The molecule has 0 fully saturated rings. The monoisotopic (exact) mass is 297 g/mol. The molecule has 0 aliphatic heterocycles. The van der Waals surface area contributed by atoms with Gasteiger partial charge in [-0.3, -0.25) is 0 Å². The van der Waals surface area contributed by atoms with Gasteiger partial charge in [-0.15, -0.1) is 0 Å². The van der Waals surface area contributed by atoms with Crippen molar-refractivity contribution in [1.29, 1.82) is 5.41 Å². The first-order valence-corrected chi connectivity index (χ1v) is 3.20. The SMILES string of the molecule is N=C(C=O)C(=O)N[N]=[W]. The van der Waals surface area contributed by atoms with E-state index in [1.165, 1.54) is 0 Å². The molecule has 0 saturated carbocycles. The first-order chi connectivity index (χ1) is 4.22. The topological polar surface area (TPSA) is 82.4 Å². The minimum absolute atomic E-state index is 0.163. The number of rotatable bonds is 3. The van der Waals surface area contributed by atoms with Crippen molar-refractivity contribution >= 4 is 17.9 Å². The third kappa shape index (κ3) is 2.98. The van der Waals surface area contributed by atoms with Crippen molar-refractivity contribution in [2.24, 2.45) is 3.60 Å². The van der Waals surface area contributed by atoms with Crippen LogP contribution >= 0.6 is 0 Å². The predicted molar refractivity (Wildman–Crippen MR) is 24.4 cm³/mol. The Morgan fingerprint density at radius 3 is 2.67 bits per heavy atom. The van der Waals surface area contributed by atoms with Crippen LogP contribution in [0.1, 0.15) is 0 Å². The maximum atomic E-state index is 10.3. The molecule has 0 aliphatic carbocycles. The second-order valence-electron chi connectivity index (χ2n) is 1.06. The van der Waals surface area contributed by atoms with Gasteiger partial charge in [0.25, 0.3) is 0 Å². The zero-order valence-corrected chi connectivity index (χ0v) is 7.18. The van der Waals surface area contributed by atoms with Gasteiger partial charge in [0.05, 0.1) is 0 Å². The van der Waals surface area contributed by atoms with Gasteiger partial charge in [-0.1, -0.05) is 0 Å². The maximum absolute atomic E-state index is 10.3. The van der Waals surface area contributed by atoms with E-state index >= 15 is 0 Å². The number of aldehydes is 1. The van der Waals surface area contributed by atoms with Gasteiger partial charge >= 0.3 is 61.6 Å². The Balaban J connectivity index is 3.87. The molecule has 1 amide bonds.